The van der Waals surface area contributed by atoms with Crippen molar-refractivity contribution in [2.45, 2.75) is 25.3 Å². The number of aryl methyl sites for hydroxylation is 1. The van der Waals surface area contributed by atoms with Gasteiger partial charge in [0.25, 0.3) is 0 Å². The summed E-state index contributed by atoms with van der Waals surface area (Å²) in [7, 11) is -3.82. The van der Waals surface area contributed by atoms with Crippen LogP contribution in [0.15, 0.2) is 47.4 Å². The lowest BCUT2D eigenvalue weighted by Crippen LogP contribution is -2.24. The van der Waals surface area contributed by atoms with Crippen molar-refractivity contribution >= 4 is 21.6 Å². The van der Waals surface area contributed by atoms with Crippen LogP contribution in [0, 0.1) is 12.7 Å². The van der Waals surface area contributed by atoms with Crippen molar-refractivity contribution in [2.75, 3.05) is 5.32 Å². The Morgan fingerprint density at radius 3 is 2.52 bits per heavy atom. The number of rotatable bonds is 5. The molecule has 0 aliphatic carbocycles. The van der Waals surface area contributed by atoms with Crippen LogP contribution in [-0.2, 0) is 21.4 Å². The lowest BCUT2D eigenvalue weighted by Gasteiger charge is -2.11. The number of carbonyl (C=O) groups is 1. The van der Waals surface area contributed by atoms with Crippen LogP contribution in [0.3, 0.4) is 0 Å². The minimum atomic E-state index is -3.82. The van der Waals surface area contributed by atoms with Crippen molar-refractivity contribution in [2.24, 2.45) is 0 Å². The normalized spacial score (nSPS) is 11.3. The van der Waals surface area contributed by atoms with Crippen molar-refractivity contribution in [3.63, 3.8) is 0 Å². The second kappa shape index (κ2) is 6.89. The van der Waals surface area contributed by atoms with Gasteiger partial charge in [-0.05, 0) is 30.7 Å². The van der Waals surface area contributed by atoms with Crippen LogP contribution >= 0.6 is 0 Å². The minimum absolute atomic E-state index is 0.00295. The predicted molar refractivity (Wildman–Crippen MR) is 85.9 cm³/mol. The van der Waals surface area contributed by atoms with E-state index in [1.807, 2.05) is 0 Å². The summed E-state index contributed by atoms with van der Waals surface area (Å²) in [5, 5.41) is 2.58. The lowest BCUT2D eigenvalue weighted by molar-refractivity contribution is -0.114. The van der Waals surface area contributed by atoms with Gasteiger partial charge in [0.2, 0.25) is 15.9 Å². The summed E-state index contributed by atoms with van der Waals surface area (Å²) in [6.45, 7) is 2.95. The molecule has 23 heavy (non-hydrogen) atoms. The number of amides is 1. The Morgan fingerprint density at radius 2 is 1.87 bits per heavy atom. The van der Waals surface area contributed by atoms with E-state index in [-0.39, 0.29) is 22.9 Å². The summed E-state index contributed by atoms with van der Waals surface area (Å²) in [4.78, 5) is 11.2. The highest BCUT2D eigenvalue weighted by Gasteiger charge is 2.16. The summed E-state index contributed by atoms with van der Waals surface area (Å²) in [5.74, 6) is -0.764. The number of hydrogen-bond donors (Lipinski definition) is 2. The highest BCUT2D eigenvalue weighted by Crippen LogP contribution is 2.20. The molecule has 0 heterocycles. The van der Waals surface area contributed by atoms with Gasteiger partial charge in [-0.3, -0.25) is 4.79 Å². The second-order valence-electron chi connectivity index (χ2n) is 5.07. The number of benzene rings is 2. The number of sulfonamides is 1. The molecule has 2 rings (SSSR count). The molecule has 0 bridgehead atoms. The first kappa shape index (κ1) is 17.1. The molecule has 7 heteroatoms. The van der Waals surface area contributed by atoms with Crippen LogP contribution < -0.4 is 10.0 Å². The molecule has 0 radical (unpaired) electrons. The third kappa shape index (κ3) is 4.37. The van der Waals surface area contributed by atoms with E-state index in [1.54, 1.807) is 19.1 Å². The Hall–Kier alpha value is -2.25. The monoisotopic (exact) mass is 336 g/mol. The molecular weight excluding hydrogens is 319 g/mol. The molecule has 0 unspecified atom stereocenters. The number of nitrogens with one attached hydrogen (secondary N) is 2. The molecule has 122 valence electrons. The Morgan fingerprint density at radius 1 is 1.17 bits per heavy atom. The molecule has 0 fully saturated rings. The molecule has 2 aromatic carbocycles. The molecule has 0 spiro atoms. The fraction of sp³-hybridized carbons (Fsp3) is 0.188. The molecule has 0 aliphatic rings. The van der Waals surface area contributed by atoms with Gasteiger partial charge in [0.1, 0.15) is 5.82 Å². The van der Waals surface area contributed by atoms with E-state index in [0.717, 1.165) is 5.56 Å². The standard InChI is InChI=1S/C16H17FN2O3S/c1-11-7-8-14(9-16(11)19-12(2)20)23(21,22)18-10-13-5-3-4-6-15(13)17/h3-9,18H,10H2,1-2H3,(H,19,20). The van der Waals surface area contributed by atoms with Gasteiger partial charge in [0.15, 0.2) is 0 Å². The van der Waals surface area contributed by atoms with Crippen LogP contribution in [-0.4, -0.2) is 14.3 Å². The quantitative estimate of drug-likeness (QED) is 0.881. The van der Waals surface area contributed by atoms with Crippen LogP contribution in [0.25, 0.3) is 0 Å². The summed E-state index contributed by atoms with van der Waals surface area (Å²) in [5.41, 5.74) is 1.42. The molecular formula is C16H17FN2O3S. The van der Waals surface area contributed by atoms with Crippen molar-refractivity contribution in [1.29, 1.82) is 0 Å². The van der Waals surface area contributed by atoms with Gasteiger partial charge in [-0.25, -0.2) is 17.5 Å². The van der Waals surface area contributed by atoms with Crippen molar-refractivity contribution < 1.29 is 17.6 Å². The van der Waals surface area contributed by atoms with Crippen molar-refractivity contribution in [3.8, 4) is 0 Å². The summed E-state index contributed by atoms with van der Waals surface area (Å²) in [6.07, 6.45) is 0. The maximum absolute atomic E-state index is 13.5. The molecule has 0 aromatic heterocycles. The first-order valence-electron chi connectivity index (χ1n) is 6.91. The molecule has 0 aliphatic heterocycles. The smallest absolute Gasteiger partial charge is 0.240 e. The zero-order chi connectivity index (χ0) is 17.0. The number of anilines is 1. The van der Waals surface area contributed by atoms with Gasteiger partial charge >= 0.3 is 0 Å². The largest absolute Gasteiger partial charge is 0.326 e. The first-order valence-corrected chi connectivity index (χ1v) is 8.39. The van der Waals surface area contributed by atoms with E-state index < -0.39 is 15.8 Å². The molecule has 1 amide bonds. The highest BCUT2D eigenvalue weighted by molar-refractivity contribution is 7.89. The summed E-state index contributed by atoms with van der Waals surface area (Å²) >= 11 is 0. The van der Waals surface area contributed by atoms with Gasteiger partial charge < -0.3 is 5.32 Å². The molecule has 0 saturated carbocycles. The van der Waals surface area contributed by atoms with Gasteiger partial charge in [0.05, 0.1) is 4.90 Å². The van der Waals surface area contributed by atoms with E-state index in [9.17, 15) is 17.6 Å². The molecule has 2 aromatic rings. The SMILES string of the molecule is CC(=O)Nc1cc(S(=O)(=O)NCc2ccccc2F)ccc1C. The van der Waals surface area contributed by atoms with Crippen LogP contribution in [0.4, 0.5) is 10.1 Å². The van der Waals surface area contributed by atoms with Crippen LogP contribution in [0.5, 0.6) is 0 Å². The van der Waals surface area contributed by atoms with Crippen molar-refractivity contribution in [3.05, 3.63) is 59.4 Å². The summed E-state index contributed by atoms with van der Waals surface area (Å²) < 4.78 is 40.5. The molecule has 0 saturated heterocycles. The Balaban J connectivity index is 2.22. The van der Waals surface area contributed by atoms with E-state index in [1.165, 1.54) is 37.3 Å². The minimum Gasteiger partial charge on any atom is -0.326 e. The maximum Gasteiger partial charge on any atom is 0.240 e. The van der Waals surface area contributed by atoms with E-state index >= 15 is 0 Å². The average molecular weight is 336 g/mol. The third-order valence-electron chi connectivity index (χ3n) is 3.24. The third-order valence-corrected chi connectivity index (χ3v) is 4.64. The fourth-order valence-corrected chi connectivity index (χ4v) is 3.02. The fourth-order valence-electron chi connectivity index (χ4n) is 1.99. The number of carbonyl (C=O) groups excluding carboxylic acids is 1. The zero-order valence-corrected chi connectivity index (χ0v) is 13.6. The number of halogens is 1. The van der Waals surface area contributed by atoms with Gasteiger partial charge in [-0.1, -0.05) is 24.3 Å². The Labute approximate surface area is 134 Å². The lowest BCUT2D eigenvalue weighted by atomic mass is 10.2. The zero-order valence-electron chi connectivity index (χ0n) is 12.8. The Kier molecular flexibility index (Phi) is 5.12. The first-order chi connectivity index (χ1) is 10.8. The second-order valence-corrected chi connectivity index (χ2v) is 6.84. The van der Waals surface area contributed by atoms with Crippen molar-refractivity contribution in [1.82, 2.24) is 4.72 Å². The molecule has 0 atom stereocenters. The highest BCUT2D eigenvalue weighted by atomic mass is 32.2. The van der Waals surface area contributed by atoms with Gasteiger partial charge in [0, 0.05) is 24.7 Å². The van der Waals surface area contributed by atoms with E-state index in [4.69, 9.17) is 0 Å². The van der Waals surface area contributed by atoms with Crippen LogP contribution in [0.1, 0.15) is 18.1 Å². The topological polar surface area (TPSA) is 75.3 Å². The average Bonchev–Trinajstić information content (AvgIpc) is 2.48. The van der Waals surface area contributed by atoms with E-state index in [0.29, 0.717) is 5.69 Å². The molecule has 2 N–H and O–H groups in total. The molecule has 5 nitrogen and oxygen atoms in total. The Bertz CT molecular complexity index is 835. The number of hydrogen-bond acceptors (Lipinski definition) is 3. The van der Waals surface area contributed by atoms with E-state index in [2.05, 4.69) is 10.0 Å². The maximum atomic E-state index is 13.5. The van der Waals surface area contributed by atoms with Crippen LogP contribution in [0.2, 0.25) is 0 Å². The predicted octanol–water partition coefficient (Wildman–Crippen LogP) is 2.57. The summed E-state index contributed by atoms with van der Waals surface area (Å²) in [6, 6.07) is 10.4. The van der Waals surface area contributed by atoms with Gasteiger partial charge in [-0.15, -0.1) is 0 Å². The van der Waals surface area contributed by atoms with Gasteiger partial charge in [-0.2, -0.15) is 0 Å².